The highest BCUT2D eigenvalue weighted by molar-refractivity contribution is 7.89. The van der Waals surface area contributed by atoms with Gasteiger partial charge in [-0.05, 0) is 49.1 Å². The molecule has 0 saturated carbocycles. The van der Waals surface area contributed by atoms with Gasteiger partial charge in [-0.1, -0.05) is 47.5 Å². The zero-order chi connectivity index (χ0) is 33.5. The highest BCUT2D eigenvalue weighted by Gasteiger charge is 2.53. The molecule has 0 radical (unpaired) electrons. The van der Waals surface area contributed by atoms with E-state index < -0.39 is 46.1 Å². The van der Waals surface area contributed by atoms with Crippen molar-refractivity contribution in [1.29, 1.82) is 0 Å². The number of carbonyl (C=O) groups is 2. The van der Waals surface area contributed by atoms with Crippen molar-refractivity contribution in [3.05, 3.63) is 83.0 Å². The minimum Gasteiger partial charge on any atom is -0.394 e. The van der Waals surface area contributed by atoms with E-state index in [-0.39, 0.29) is 47.0 Å². The Labute approximate surface area is 280 Å². The fourth-order valence-corrected chi connectivity index (χ4v) is 8.45. The van der Waals surface area contributed by atoms with E-state index in [4.69, 9.17) is 28.3 Å². The first-order valence-corrected chi connectivity index (χ1v) is 17.0. The molecule has 1 fully saturated rings. The van der Waals surface area contributed by atoms with Gasteiger partial charge in [0.15, 0.2) is 5.03 Å². The lowest BCUT2D eigenvalue weighted by Gasteiger charge is -2.29. The molecule has 2 aliphatic rings. The number of imidazole rings is 1. The molecule has 0 bridgehead atoms. The van der Waals surface area contributed by atoms with Crippen LogP contribution in [0, 0.1) is 0 Å². The summed E-state index contributed by atoms with van der Waals surface area (Å²) in [5.41, 5.74) is 1.25. The second-order valence-electron chi connectivity index (χ2n) is 11.6. The number of anilines is 2. The van der Waals surface area contributed by atoms with Crippen molar-refractivity contribution in [1.82, 2.24) is 29.1 Å². The van der Waals surface area contributed by atoms with Gasteiger partial charge < -0.3 is 15.5 Å². The number of hydrogen-bond acceptors (Lipinski definition) is 9. The minimum atomic E-state index is -4.39. The molecule has 246 valence electrons. The number of aromatic nitrogens is 4. The first-order valence-electron chi connectivity index (χ1n) is 14.8. The molecule has 47 heavy (non-hydrogen) atoms. The number of carbonyl (C=O) groups excluding carboxylic acids is 2. The first-order chi connectivity index (χ1) is 22.4. The predicted molar refractivity (Wildman–Crippen MR) is 174 cm³/mol. The summed E-state index contributed by atoms with van der Waals surface area (Å²) < 4.78 is 31.3. The van der Waals surface area contributed by atoms with E-state index in [1.165, 1.54) is 28.1 Å². The molecule has 0 aliphatic carbocycles. The van der Waals surface area contributed by atoms with Crippen LogP contribution in [-0.2, 0) is 31.6 Å². The Hall–Kier alpha value is -3.92. The number of nitrogens with zero attached hydrogens (tertiary/aromatic N) is 6. The van der Waals surface area contributed by atoms with E-state index in [0.717, 1.165) is 21.0 Å². The fraction of sp³-hybridized carbons (Fsp3) is 0.323. The zero-order valence-electron chi connectivity index (χ0n) is 25.1. The molecule has 16 heteroatoms. The van der Waals surface area contributed by atoms with Crippen LogP contribution in [0.1, 0.15) is 25.3 Å². The lowest BCUT2D eigenvalue weighted by Crippen LogP contribution is -2.49. The highest BCUT2D eigenvalue weighted by Crippen LogP contribution is 2.45. The SMILES string of the molecule is C[C@@]1(Cc2ccc(-c3cncnc3)cc2)C(=O)N(c2cc(Cl)cc(Cl)c2)c2ncc(S(=O)(=O)N3CCCC3C(=O)NC[C@H](O)CO)n21. The number of nitrogens with one attached hydrogen (secondary N) is 1. The number of hydrogen-bond donors (Lipinski definition) is 3. The molecule has 0 spiro atoms. The quantitative estimate of drug-likeness (QED) is 0.225. The van der Waals surface area contributed by atoms with Gasteiger partial charge in [0.2, 0.25) is 11.9 Å². The number of fused-ring (bicyclic) bond motifs is 1. The van der Waals surface area contributed by atoms with Crippen LogP contribution in [0.2, 0.25) is 10.0 Å². The molecule has 4 aromatic rings. The summed E-state index contributed by atoms with van der Waals surface area (Å²) in [6.07, 6.45) is 5.59. The second kappa shape index (κ2) is 12.9. The first kappa shape index (κ1) is 33.0. The lowest BCUT2D eigenvalue weighted by molar-refractivity contribution is -0.125. The maximum atomic E-state index is 14.5. The maximum Gasteiger partial charge on any atom is 0.261 e. The summed E-state index contributed by atoms with van der Waals surface area (Å²) in [4.78, 5) is 41.4. The Morgan fingerprint density at radius 3 is 2.43 bits per heavy atom. The number of halogens is 2. The standard InChI is InChI=1S/C31H31Cl2N7O6S/c1-31(12-19-4-6-20(7-5-19)21-13-34-18-35-14-21)29(44)39(24-10-22(32)9-23(33)11-24)30-37-16-27(40(30)31)47(45,46)38-8-2-3-26(38)28(43)36-15-25(42)17-41/h4-7,9-11,13-14,16,18,25-26,41-42H,2-3,8,12,15,17H2,1H3,(H,36,43)/t25-,26?,31+/m0/s1. The van der Waals surface area contributed by atoms with E-state index in [1.54, 1.807) is 31.5 Å². The summed E-state index contributed by atoms with van der Waals surface area (Å²) in [5, 5.41) is 21.6. The maximum absolute atomic E-state index is 14.5. The molecular weight excluding hydrogens is 669 g/mol. The van der Waals surface area contributed by atoms with Gasteiger partial charge in [-0.3, -0.25) is 14.2 Å². The van der Waals surface area contributed by atoms with Crippen LogP contribution in [0.5, 0.6) is 0 Å². The largest absolute Gasteiger partial charge is 0.394 e. The Morgan fingerprint density at radius 2 is 1.77 bits per heavy atom. The summed E-state index contributed by atoms with van der Waals surface area (Å²) >= 11 is 12.6. The van der Waals surface area contributed by atoms with Gasteiger partial charge in [0.05, 0.1) is 24.6 Å². The van der Waals surface area contributed by atoms with Crippen molar-refractivity contribution >= 4 is 56.7 Å². The van der Waals surface area contributed by atoms with Gasteiger partial charge in [-0.15, -0.1) is 0 Å². The van der Waals surface area contributed by atoms with Crippen LogP contribution in [0.15, 0.2) is 72.4 Å². The summed E-state index contributed by atoms with van der Waals surface area (Å²) in [7, 11) is -4.39. The third-order valence-corrected chi connectivity index (χ3v) is 10.7. The van der Waals surface area contributed by atoms with Crippen LogP contribution >= 0.6 is 23.2 Å². The van der Waals surface area contributed by atoms with Crippen LogP contribution in [0.4, 0.5) is 11.6 Å². The van der Waals surface area contributed by atoms with Crippen molar-refractivity contribution in [2.24, 2.45) is 0 Å². The molecule has 13 nitrogen and oxygen atoms in total. The second-order valence-corrected chi connectivity index (χ2v) is 14.3. The monoisotopic (exact) mass is 699 g/mol. The van der Waals surface area contributed by atoms with Gasteiger partial charge in [0, 0.05) is 47.5 Å². The van der Waals surface area contributed by atoms with Crippen molar-refractivity contribution < 1.29 is 28.2 Å². The normalized spacial score (nSPS) is 20.4. The van der Waals surface area contributed by atoms with Crippen LogP contribution < -0.4 is 10.2 Å². The number of amides is 2. The van der Waals surface area contributed by atoms with E-state index in [1.807, 2.05) is 24.3 Å². The molecule has 2 aliphatic heterocycles. The summed E-state index contributed by atoms with van der Waals surface area (Å²) in [6, 6.07) is 11.0. The molecule has 2 aromatic carbocycles. The summed E-state index contributed by atoms with van der Waals surface area (Å²) in [6.45, 7) is 0.919. The third-order valence-electron chi connectivity index (χ3n) is 8.37. The summed E-state index contributed by atoms with van der Waals surface area (Å²) in [5.74, 6) is -0.999. The van der Waals surface area contributed by atoms with Crippen molar-refractivity contribution in [2.45, 2.75) is 48.9 Å². The molecule has 1 saturated heterocycles. The number of sulfonamides is 1. The Kier molecular flexibility index (Phi) is 9.09. The Morgan fingerprint density at radius 1 is 1.09 bits per heavy atom. The third kappa shape index (κ3) is 6.12. The molecule has 6 rings (SSSR count). The van der Waals surface area contributed by atoms with Crippen LogP contribution in [-0.4, -0.2) is 86.1 Å². The molecule has 4 heterocycles. The smallest absolute Gasteiger partial charge is 0.261 e. The molecular formula is C31H31Cl2N7O6S. The number of aliphatic hydroxyl groups is 2. The lowest BCUT2D eigenvalue weighted by atomic mass is 9.91. The van der Waals surface area contributed by atoms with Crippen LogP contribution in [0.3, 0.4) is 0 Å². The van der Waals surface area contributed by atoms with Gasteiger partial charge in [-0.25, -0.2) is 28.3 Å². The Bertz CT molecular complexity index is 1910. The van der Waals surface area contributed by atoms with Gasteiger partial charge >= 0.3 is 0 Å². The van der Waals surface area contributed by atoms with Crippen molar-refractivity contribution in [3.8, 4) is 11.1 Å². The highest BCUT2D eigenvalue weighted by atomic mass is 35.5. The van der Waals surface area contributed by atoms with Crippen LogP contribution in [0.25, 0.3) is 11.1 Å². The van der Waals surface area contributed by atoms with Gasteiger partial charge in [0.25, 0.3) is 15.9 Å². The number of rotatable bonds is 10. The van der Waals surface area contributed by atoms with E-state index >= 15 is 0 Å². The molecule has 3 atom stereocenters. The average Bonchev–Trinajstić information content (AvgIpc) is 3.77. The minimum absolute atomic E-state index is 0.0544. The molecule has 2 aromatic heterocycles. The fourth-order valence-electron chi connectivity index (χ4n) is 6.09. The molecule has 3 N–H and O–H groups in total. The average molecular weight is 701 g/mol. The van der Waals surface area contributed by atoms with Gasteiger partial charge in [-0.2, -0.15) is 4.31 Å². The van der Waals surface area contributed by atoms with E-state index in [0.29, 0.717) is 12.1 Å². The van der Waals surface area contributed by atoms with Crippen molar-refractivity contribution in [2.75, 3.05) is 24.6 Å². The topological polar surface area (TPSA) is 171 Å². The Balaban J connectivity index is 1.41. The van der Waals surface area contributed by atoms with Crippen molar-refractivity contribution in [3.63, 3.8) is 0 Å². The predicted octanol–water partition coefficient (Wildman–Crippen LogP) is 2.91. The number of aliphatic hydroxyl groups excluding tert-OH is 2. The van der Waals surface area contributed by atoms with Gasteiger partial charge in [0.1, 0.15) is 17.9 Å². The van der Waals surface area contributed by atoms with E-state index in [9.17, 15) is 23.1 Å². The zero-order valence-corrected chi connectivity index (χ0v) is 27.5. The van der Waals surface area contributed by atoms with E-state index in [2.05, 4.69) is 20.3 Å². The molecule has 2 amide bonds. The number of benzene rings is 2. The molecule has 1 unspecified atom stereocenters.